The lowest BCUT2D eigenvalue weighted by Gasteiger charge is -1.90. The van der Waals surface area contributed by atoms with E-state index in [1.165, 1.54) is 6.07 Å². The molecule has 0 unspecified atom stereocenters. The molecule has 2 heterocycles. The Bertz CT molecular complexity index is 682. The Balaban J connectivity index is 0.000000219. The highest BCUT2D eigenvalue weighted by atomic mass is 16.6. The quantitative estimate of drug-likeness (QED) is 0.308. The zero-order valence-electron chi connectivity index (χ0n) is 11.2. The van der Waals surface area contributed by atoms with Crippen molar-refractivity contribution in [1.82, 2.24) is 15.4 Å². The number of carbonyl (C=O) groups excluding carboxylic acids is 1. The van der Waals surface area contributed by atoms with E-state index in [2.05, 4.69) is 14.4 Å². The predicted octanol–water partition coefficient (Wildman–Crippen LogP) is 0.178. The van der Waals surface area contributed by atoms with Gasteiger partial charge in [-0.1, -0.05) is 0 Å². The maximum absolute atomic E-state index is 10.7. The summed E-state index contributed by atoms with van der Waals surface area (Å²) in [7, 11) is 0. The van der Waals surface area contributed by atoms with Crippen LogP contribution in [0, 0.1) is 24.0 Å². The molecule has 0 aliphatic carbocycles. The summed E-state index contributed by atoms with van der Waals surface area (Å²) in [5.41, 5.74) is 3.12. The van der Waals surface area contributed by atoms with Gasteiger partial charge in [-0.3, -0.25) is 20.3 Å². The number of aryl methyl sites for hydroxylation is 2. The minimum atomic E-state index is -0.743. The van der Waals surface area contributed by atoms with Crippen LogP contribution in [0.5, 0.6) is 0 Å². The Kier molecular flexibility index (Phi) is 5.31. The average molecular weight is 295 g/mol. The van der Waals surface area contributed by atoms with E-state index in [0.717, 1.165) is 17.5 Å². The molecule has 0 fully saturated rings. The Morgan fingerprint density at radius 2 is 2.14 bits per heavy atom. The summed E-state index contributed by atoms with van der Waals surface area (Å²) in [5, 5.41) is 10.1. The average Bonchev–Trinajstić information content (AvgIpc) is 2.86. The summed E-state index contributed by atoms with van der Waals surface area (Å²) >= 11 is 0. The standard InChI is InChI=1S/C6H8N2O.C5H5N3O4/c1-4-3-5(2)8-6(9)7-4;6-7-5(9)3-1-2-4(12-3)8(10)11/h3H,1-2H3,(H,7,8,9);1-2H,6H2,(H,7,9). The molecule has 2 aromatic rings. The molecule has 0 aliphatic rings. The summed E-state index contributed by atoms with van der Waals surface area (Å²) in [5.74, 6) is 3.37. The van der Waals surface area contributed by atoms with E-state index in [-0.39, 0.29) is 11.4 Å². The van der Waals surface area contributed by atoms with Gasteiger partial charge in [-0.05, 0) is 26.0 Å². The Labute approximate surface area is 118 Å². The first-order chi connectivity index (χ1) is 9.83. The number of hydrogen-bond acceptors (Lipinski definition) is 7. The summed E-state index contributed by atoms with van der Waals surface area (Å²) in [6.07, 6.45) is 0. The summed E-state index contributed by atoms with van der Waals surface area (Å²) < 4.78 is 4.51. The molecule has 0 aliphatic heterocycles. The molecule has 2 rings (SSSR count). The van der Waals surface area contributed by atoms with Crippen LogP contribution in [0.1, 0.15) is 21.9 Å². The van der Waals surface area contributed by atoms with Crippen molar-refractivity contribution in [3.05, 3.63) is 55.9 Å². The minimum absolute atomic E-state index is 0.191. The van der Waals surface area contributed by atoms with Crippen molar-refractivity contribution < 1.29 is 14.1 Å². The fraction of sp³-hybridized carbons (Fsp3) is 0.182. The molecular formula is C11H13N5O5. The predicted molar refractivity (Wildman–Crippen MR) is 71.3 cm³/mol. The number of nitro groups is 1. The van der Waals surface area contributed by atoms with E-state index in [9.17, 15) is 19.7 Å². The number of hydrogen-bond donors (Lipinski definition) is 3. The van der Waals surface area contributed by atoms with Crippen LogP contribution in [0.2, 0.25) is 0 Å². The Morgan fingerprint density at radius 1 is 1.48 bits per heavy atom. The zero-order chi connectivity index (χ0) is 16.0. The Hall–Kier alpha value is -3.01. The summed E-state index contributed by atoms with van der Waals surface area (Å²) in [6, 6.07) is 4.06. The van der Waals surface area contributed by atoms with Gasteiger partial charge in [0.25, 0.3) is 0 Å². The van der Waals surface area contributed by atoms with E-state index in [4.69, 9.17) is 5.84 Å². The van der Waals surface area contributed by atoms with E-state index >= 15 is 0 Å². The number of nitrogens with one attached hydrogen (secondary N) is 2. The molecule has 10 nitrogen and oxygen atoms in total. The monoisotopic (exact) mass is 295 g/mol. The van der Waals surface area contributed by atoms with Crippen molar-refractivity contribution in [1.29, 1.82) is 0 Å². The number of amides is 1. The highest BCUT2D eigenvalue weighted by Gasteiger charge is 2.15. The van der Waals surface area contributed by atoms with Gasteiger partial charge in [-0.25, -0.2) is 10.6 Å². The van der Waals surface area contributed by atoms with E-state index in [1.54, 1.807) is 12.3 Å². The van der Waals surface area contributed by atoms with Crippen molar-refractivity contribution in [3.63, 3.8) is 0 Å². The van der Waals surface area contributed by atoms with Crippen LogP contribution < -0.4 is 17.0 Å². The maximum Gasteiger partial charge on any atom is 0.433 e. The number of nitrogens with two attached hydrogens (primary N) is 1. The van der Waals surface area contributed by atoms with Gasteiger partial charge >= 0.3 is 17.5 Å². The van der Waals surface area contributed by atoms with Crippen LogP contribution >= 0.6 is 0 Å². The molecule has 0 aromatic carbocycles. The molecule has 0 saturated heterocycles. The van der Waals surface area contributed by atoms with Crippen LogP contribution in [0.15, 0.2) is 27.4 Å². The third-order valence-electron chi connectivity index (χ3n) is 2.13. The molecule has 0 radical (unpaired) electrons. The number of furan rings is 1. The first-order valence-electron chi connectivity index (χ1n) is 5.63. The Morgan fingerprint density at radius 3 is 2.57 bits per heavy atom. The molecule has 2 aromatic heterocycles. The van der Waals surface area contributed by atoms with Crippen LogP contribution in [0.3, 0.4) is 0 Å². The second-order valence-electron chi connectivity index (χ2n) is 3.88. The van der Waals surface area contributed by atoms with Gasteiger partial charge in [0.1, 0.15) is 4.92 Å². The highest BCUT2D eigenvalue weighted by molar-refractivity contribution is 5.91. The molecule has 112 valence electrons. The van der Waals surface area contributed by atoms with Crippen molar-refractivity contribution in [2.45, 2.75) is 13.8 Å². The second kappa shape index (κ2) is 6.96. The molecule has 4 N–H and O–H groups in total. The lowest BCUT2D eigenvalue weighted by Crippen LogP contribution is -2.29. The number of rotatable bonds is 2. The number of nitrogen functional groups attached to an aromatic ring is 1. The second-order valence-corrected chi connectivity index (χ2v) is 3.88. The lowest BCUT2D eigenvalue weighted by molar-refractivity contribution is -0.402. The fourth-order valence-electron chi connectivity index (χ4n) is 1.36. The van der Waals surface area contributed by atoms with Gasteiger partial charge in [0.05, 0.1) is 6.07 Å². The molecule has 0 atom stereocenters. The molecule has 1 amide bonds. The van der Waals surface area contributed by atoms with Gasteiger partial charge < -0.3 is 9.40 Å². The zero-order valence-corrected chi connectivity index (χ0v) is 11.2. The first kappa shape index (κ1) is 16.0. The smallest absolute Gasteiger partial charge is 0.395 e. The first-order valence-corrected chi connectivity index (χ1v) is 5.63. The number of H-pyrrole nitrogens is 1. The fourth-order valence-corrected chi connectivity index (χ4v) is 1.36. The van der Waals surface area contributed by atoms with E-state index in [1.807, 2.05) is 13.0 Å². The van der Waals surface area contributed by atoms with E-state index in [0.29, 0.717) is 0 Å². The lowest BCUT2D eigenvalue weighted by atomic mass is 10.4. The van der Waals surface area contributed by atoms with Gasteiger partial charge in [-0.2, -0.15) is 4.98 Å². The molecule has 0 bridgehead atoms. The number of nitrogens with zero attached hydrogens (tertiary/aromatic N) is 2. The van der Waals surface area contributed by atoms with Gasteiger partial charge in [-0.15, -0.1) is 0 Å². The number of aromatic nitrogens is 2. The number of hydrazine groups is 1. The molecule has 10 heteroatoms. The third-order valence-corrected chi connectivity index (χ3v) is 2.13. The van der Waals surface area contributed by atoms with Gasteiger partial charge in [0.15, 0.2) is 5.76 Å². The summed E-state index contributed by atoms with van der Waals surface area (Å²) in [6.45, 7) is 3.62. The van der Waals surface area contributed by atoms with Crippen molar-refractivity contribution in [3.8, 4) is 0 Å². The molecule has 0 saturated carbocycles. The highest BCUT2D eigenvalue weighted by Crippen LogP contribution is 2.14. The maximum atomic E-state index is 10.7. The molecule has 21 heavy (non-hydrogen) atoms. The number of carbonyl (C=O) groups is 1. The molecule has 0 spiro atoms. The summed E-state index contributed by atoms with van der Waals surface area (Å²) in [4.78, 5) is 36.7. The minimum Gasteiger partial charge on any atom is -0.395 e. The van der Waals surface area contributed by atoms with Gasteiger partial charge in [0.2, 0.25) is 0 Å². The van der Waals surface area contributed by atoms with Crippen LogP contribution in [-0.4, -0.2) is 20.8 Å². The number of aromatic amines is 1. The SMILES string of the molecule is Cc1cc(C)[nH]c(=O)n1.NNC(=O)c1ccc([N+](=O)[O-])o1. The van der Waals surface area contributed by atoms with Crippen LogP contribution in [0.25, 0.3) is 0 Å². The molecular weight excluding hydrogens is 282 g/mol. The van der Waals surface area contributed by atoms with Crippen molar-refractivity contribution in [2.75, 3.05) is 0 Å². The van der Waals surface area contributed by atoms with Crippen LogP contribution in [0.4, 0.5) is 5.88 Å². The largest absolute Gasteiger partial charge is 0.433 e. The van der Waals surface area contributed by atoms with Crippen LogP contribution in [-0.2, 0) is 0 Å². The van der Waals surface area contributed by atoms with Crippen molar-refractivity contribution in [2.24, 2.45) is 5.84 Å². The third kappa shape index (κ3) is 4.87. The topological polar surface area (TPSA) is 157 Å². The van der Waals surface area contributed by atoms with E-state index < -0.39 is 16.7 Å². The normalized spacial score (nSPS) is 9.48. The van der Waals surface area contributed by atoms with Crippen molar-refractivity contribution >= 4 is 11.8 Å². The van der Waals surface area contributed by atoms with Gasteiger partial charge in [0, 0.05) is 11.4 Å².